The molecule has 0 saturated carbocycles. The lowest BCUT2D eigenvalue weighted by molar-refractivity contribution is 0.0899. The van der Waals surface area contributed by atoms with E-state index in [0.717, 1.165) is 48.4 Å². The summed E-state index contributed by atoms with van der Waals surface area (Å²) in [6.45, 7) is 9.87. The highest BCUT2D eigenvalue weighted by Crippen LogP contribution is 2.27. The van der Waals surface area contributed by atoms with Gasteiger partial charge >= 0.3 is 0 Å². The van der Waals surface area contributed by atoms with Crippen LogP contribution in [0.4, 0.5) is 0 Å². The molecule has 3 heteroatoms. The number of aryl methyl sites for hydroxylation is 2. The first kappa shape index (κ1) is 15.0. The Bertz CT molecular complexity index is 488. The molecule has 1 N–H and O–H groups in total. The number of benzene rings is 1. The number of rotatable bonds is 4. The number of ether oxygens (including phenoxy) is 1. The second kappa shape index (κ2) is 6.40. The summed E-state index contributed by atoms with van der Waals surface area (Å²) in [5.41, 5.74) is 2.91. The maximum absolute atomic E-state index is 12.6. The van der Waals surface area contributed by atoms with Gasteiger partial charge < -0.3 is 10.1 Å². The van der Waals surface area contributed by atoms with Crippen LogP contribution in [0.2, 0.25) is 0 Å². The lowest BCUT2D eigenvalue weighted by Gasteiger charge is -2.23. The van der Waals surface area contributed by atoms with E-state index in [1.165, 1.54) is 0 Å². The van der Waals surface area contributed by atoms with Gasteiger partial charge in [0.1, 0.15) is 5.75 Å². The number of piperidine rings is 1. The highest BCUT2D eigenvalue weighted by molar-refractivity contribution is 5.99. The van der Waals surface area contributed by atoms with Crippen LogP contribution in [-0.2, 0) is 0 Å². The average Bonchev–Trinajstić information content (AvgIpc) is 2.42. The lowest BCUT2D eigenvalue weighted by Crippen LogP contribution is -2.34. The zero-order valence-electron chi connectivity index (χ0n) is 13.0. The Labute approximate surface area is 121 Å². The van der Waals surface area contributed by atoms with Crippen LogP contribution in [0.5, 0.6) is 5.75 Å². The van der Waals surface area contributed by atoms with Gasteiger partial charge in [-0.2, -0.15) is 0 Å². The van der Waals surface area contributed by atoms with Crippen LogP contribution >= 0.6 is 0 Å². The molecule has 1 heterocycles. The Morgan fingerprint density at radius 1 is 1.30 bits per heavy atom. The molecule has 1 aromatic rings. The third-order valence-electron chi connectivity index (χ3n) is 3.82. The van der Waals surface area contributed by atoms with Crippen molar-refractivity contribution in [1.29, 1.82) is 0 Å². The summed E-state index contributed by atoms with van der Waals surface area (Å²) in [5.74, 6) is 1.28. The molecule has 110 valence electrons. The van der Waals surface area contributed by atoms with Crippen molar-refractivity contribution in [3.63, 3.8) is 0 Å². The van der Waals surface area contributed by atoms with E-state index in [1.54, 1.807) is 0 Å². The molecule has 0 radical (unpaired) electrons. The van der Waals surface area contributed by atoms with Crippen LogP contribution < -0.4 is 10.1 Å². The Kier molecular flexibility index (Phi) is 4.81. The molecule has 0 bridgehead atoms. The van der Waals surface area contributed by atoms with E-state index < -0.39 is 0 Å². The maximum atomic E-state index is 12.6. The zero-order chi connectivity index (χ0) is 14.7. The quantitative estimate of drug-likeness (QED) is 0.857. The summed E-state index contributed by atoms with van der Waals surface area (Å²) in [5, 5.41) is 3.31. The van der Waals surface area contributed by atoms with Gasteiger partial charge in [-0.1, -0.05) is 0 Å². The highest BCUT2D eigenvalue weighted by Gasteiger charge is 2.24. The summed E-state index contributed by atoms with van der Waals surface area (Å²) >= 11 is 0. The average molecular weight is 275 g/mol. The zero-order valence-corrected chi connectivity index (χ0v) is 13.0. The van der Waals surface area contributed by atoms with Crippen LogP contribution in [0, 0.1) is 19.8 Å². The van der Waals surface area contributed by atoms with E-state index in [2.05, 4.69) is 5.32 Å². The Morgan fingerprint density at radius 2 is 2.05 bits per heavy atom. The smallest absolute Gasteiger partial charge is 0.167 e. The molecule has 1 unspecified atom stereocenters. The third-order valence-corrected chi connectivity index (χ3v) is 3.82. The van der Waals surface area contributed by atoms with E-state index in [4.69, 9.17) is 4.74 Å². The van der Waals surface area contributed by atoms with Gasteiger partial charge in [0.15, 0.2) is 5.78 Å². The van der Waals surface area contributed by atoms with Gasteiger partial charge in [-0.3, -0.25) is 4.79 Å². The minimum atomic E-state index is 0.124. The third kappa shape index (κ3) is 3.40. The topological polar surface area (TPSA) is 38.3 Å². The van der Waals surface area contributed by atoms with E-state index in [0.29, 0.717) is 0 Å². The number of ketones is 1. The fraction of sp³-hybridized carbons (Fsp3) is 0.588. The summed E-state index contributed by atoms with van der Waals surface area (Å²) in [6.07, 6.45) is 2.23. The molecule has 1 atom stereocenters. The molecule has 0 aliphatic carbocycles. The normalized spacial score (nSPS) is 19.1. The molecular weight excluding hydrogens is 250 g/mol. The van der Waals surface area contributed by atoms with Gasteiger partial charge in [-0.25, -0.2) is 0 Å². The monoisotopic (exact) mass is 275 g/mol. The van der Waals surface area contributed by atoms with Gasteiger partial charge in [-0.05, 0) is 70.3 Å². The van der Waals surface area contributed by atoms with E-state index >= 15 is 0 Å². The van der Waals surface area contributed by atoms with Crippen molar-refractivity contribution in [3.05, 3.63) is 28.8 Å². The maximum Gasteiger partial charge on any atom is 0.167 e. The number of carbonyl (C=O) groups excluding carboxylic acids is 1. The fourth-order valence-corrected chi connectivity index (χ4v) is 2.73. The molecule has 1 aliphatic heterocycles. The molecule has 0 amide bonds. The van der Waals surface area contributed by atoms with Crippen molar-refractivity contribution >= 4 is 5.78 Å². The van der Waals surface area contributed by atoms with E-state index in [9.17, 15) is 4.79 Å². The van der Waals surface area contributed by atoms with Gasteiger partial charge in [0.05, 0.1) is 6.10 Å². The molecule has 0 aromatic heterocycles. The van der Waals surface area contributed by atoms with E-state index in [-0.39, 0.29) is 17.8 Å². The Morgan fingerprint density at radius 3 is 2.65 bits per heavy atom. The van der Waals surface area contributed by atoms with Crippen molar-refractivity contribution in [2.75, 3.05) is 13.1 Å². The molecular formula is C17H25NO2. The molecule has 20 heavy (non-hydrogen) atoms. The second-order valence-corrected chi connectivity index (χ2v) is 6.01. The number of hydrogen-bond donors (Lipinski definition) is 1. The molecule has 1 fully saturated rings. The molecule has 0 spiro atoms. The summed E-state index contributed by atoms with van der Waals surface area (Å²) in [6, 6.07) is 3.99. The summed E-state index contributed by atoms with van der Waals surface area (Å²) in [4.78, 5) is 12.6. The summed E-state index contributed by atoms with van der Waals surface area (Å²) < 4.78 is 5.78. The van der Waals surface area contributed by atoms with Crippen molar-refractivity contribution in [3.8, 4) is 5.75 Å². The van der Waals surface area contributed by atoms with Gasteiger partial charge in [0, 0.05) is 18.0 Å². The van der Waals surface area contributed by atoms with Crippen LogP contribution in [0.3, 0.4) is 0 Å². The minimum Gasteiger partial charge on any atom is -0.491 e. The molecule has 1 aromatic carbocycles. The first-order valence-corrected chi connectivity index (χ1v) is 7.52. The first-order valence-electron chi connectivity index (χ1n) is 7.52. The Hall–Kier alpha value is -1.35. The van der Waals surface area contributed by atoms with Crippen molar-refractivity contribution in [2.45, 2.75) is 46.6 Å². The van der Waals surface area contributed by atoms with Crippen molar-refractivity contribution in [1.82, 2.24) is 5.32 Å². The fourth-order valence-electron chi connectivity index (χ4n) is 2.73. The number of carbonyl (C=O) groups is 1. The second-order valence-electron chi connectivity index (χ2n) is 6.01. The predicted octanol–water partition coefficient (Wildman–Crippen LogP) is 3.27. The van der Waals surface area contributed by atoms with Crippen LogP contribution in [0.1, 0.15) is 48.2 Å². The van der Waals surface area contributed by atoms with Crippen LogP contribution in [-0.4, -0.2) is 25.0 Å². The number of Topliss-reactive ketones (excluding diaryl/α,β-unsaturated/α-hetero) is 1. The molecule has 2 rings (SSSR count). The first-order chi connectivity index (χ1) is 9.49. The molecule has 1 aliphatic rings. The van der Waals surface area contributed by atoms with Crippen LogP contribution in [0.15, 0.2) is 12.1 Å². The largest absolute Gasteiger partial charge is 0.491 e. The van der Waals surface area contributed by atoms with Crippen molar-refractivity contribution in [2.24, 2.45) is 5.92 Å². The number of nitrogens with one attached hydrogen (secondary N) is 1. The van der Waals surface area contributed by atoms with Crippen molar-refractivity contribution < 1.29 is 9.53 Å². The molecule has 3 nitrogen and oxygen atoms in total. The van der Waals surface area contributed by atoms with E-state index in [1.807, 2.05) is 39.8 Å². The minimum absolute atomic E-state index is 0.124. The SMILES string of the molecule is Cc1cc(C(=O)C2CCCNC2)c(C)cc1OC(C)C. The van der Waals surface area contributed by atoms with Crippen LogP contribution in [0.25, 0.3) is 0 Å². The standard InChI is InChI=1S/C17H25NO2/c1-11(2)20-16-9-12(3)15(8-13(16)4)17(19)14-6-5-7-18-10-14/h8-9,11,14,18H,5-7,10H2,1-4H3. The highest BCUT2D eigenvalue weighted by atomic mass is 16.5. The number of hydrogen-bond acceptors (Lipinski definition) is 3. The molecule has 1 saturated heterocycles. The van der Waals surface area contributed by atoms with Gasteiger partial charge in [-0.15, -0.1) is 0 Å². The summed E-state index contributed by atoms with van der Waals surface area (Å²) in [7, 11) is 0. The lowest BCUT2D eigenvalue weighted by atomic mass is 9.88. The Balaban J connectivity index is 2.23. The van der Waals surface area contributed by atoms with Gasteiger partial charge in [0.2, 0.25) is 0 Å². The predicted molar refractivity (Wildman–Crippen MR) is 81.6 cm³/mol. The van der Waals surface area contributed by atoms with Gasteiger partial charge in [0.25, 0.3) is 0 Å².